The number of rotatable bonds is 5. The number of fused-ring (bicyclic) bond motifs is 3. The number of aryl methyl sites for hydroxylation is 1. The lowest BCUT2D eigenvalue weighted by atomic mass is 9.56. The molecule has 0 saturated heterocycles. The van der Waals surface area contributed by atoms with Crippen LogP contribution < -0.4 is 5.32 Å². The minimum atomic E-state index is -4.77. The number of alkyl halides is 3. The molecule has 1 aliphatic carbocycles. The summed E-state index contributed by atoms with van der Waals surface area (Å²) in [6.07, 6.45) is -3.51. The number of benzene rings is 2. The lowest BCUT2D eigenvalue weighted by Crippen LogP contribution is -2.57. The van der Waals surface area contributed by atoms with Crippen LogP contribution in [0.1, 0.15) is 62.4 Å². The Labute approximate surface area is 219 Å². The second-order valence-electron chi connectivity index (χ2n) is 10.6. The monoisotopic (exact) mass is 522 g/mol. The van der Waals surface area contributed by atoms with Crippen LogP contribution in [-0.2, 0) is 18.3 Å². The fraction of sp³-hybridized carbons (Fsp3) is 0.367. The van der Waals surface area contributed by atoms with Gasteiger partial charge in [0.1, 0.15) is 0 Å². The van der Waals surface area contributed by atoms with Crippen LogP contribution in [0.25, 0.3) is 0 Å². The number of carbonyl (C=O) groups is 2. The number of hydrogen-bond acceptors (Lipinski definition) is 4. The summed E-state index contributed by atoms with van der Waals surface area (Å²) in [5.74, 6) is -1.26. The number of Topliss-reactive ketones (excluding diaryl/α,β-unsaturated/α-hetero) is 1. The van der Waals surface area contributed by atoms with Crippen molar-refractivity contribution < 1.29 is 27.9 Å². The van der Waals surface area contributed by atoms with Crippen molar-refractivity contribution in [2.45, 2.75) is 56.2 Å². The second-order valence-corrected chi connectivity index (χ2v) is 10.6. The van der Waals surface area contributed by atoms with Crippen LogP contribution in [0.3, 0.4) is 0 Å². The molecule has 2 N–H and O–H groups in total. The maximum Gasteiger partial charge on any atom is 0.417 e. The highest BCUT2D eigenvalue weighted by Gasteiger charge is 2.61. The summed E-state index contributed by atoms with van der Waals surface area (Å²) in [7, 11) is 0. The lowest BCUT2D eigenvalue weighted by Gasteiger charge is -2.50. The number of ketones is 1. The third kappa shape index (κ3) is 4.62. The van der Waals surface area contributed by atoms with Crippen molar-refractivity contribution in [1.29, 1.82) is 0 Å². The van der Waals surface area contributed by atoms with Crippen molar-refractivity contribution in [1.82, 2.24) is 10.3 Å². The zero-order chi connectivity index (χ0) is 27.1. The van der Waals surface area contributed by atoms with E-state index in [-0.39, 0.29) is 25.2 Å². The summed E-state index contributed by atoms with van der Waals surface area (Å²) in [5, 5.41) is 13.4. The Morgan fingerprint density at radius 1 is 1.11 bits per heavy atom. The number of aromatic nitrogens is 1. The van der Waals surface area contributed by atoms with Gasteiger partial charge in [0.15, 0.2) is 11.4 Å². The molecule has 5 nitrogen and oxygen atoms in total. The molecule has 1 amide bonds. The Kier molecular flexibility index (Phi) is 6.63. The van der Waals surface area contributed by atoms with Crippen molar-refractivity contribution in [3.8, 4) is 0 Å². The number of amides is 1. The van der Waals surface area contributed by atoms with E-state index < -0.39 is 41.9 Å². The number of hydrogen-bond donors (Lipinski definition) is 2. The van der Waals surface area contributed by atoms with E-state index in [4.69, 9.17) is 0 Å². The van der Waals surface area contributed by atoms with Crippen LogP contribution in [0, 0.1) is 12.8 Å². The van der Waals surface area contributed by atoms with Gasteiger partial charge in [-0.05, 0) is 67.3 Å². The van der Waals surface area contributed by atoms with Gasteiger partial charge in [0.2, 0.25) is 0 Å². The van der Waals surface area contributed by atoms with E-state index >= 15 is 0 Å². The standard InChI is InChI=1S/C30H29F3N2O3/c1-19-21(8-5-13-34-19)15-26(36)22-9-10-25-24(14-22)27(37)35-18-23-17-29(38,30(31,32)33)12-11-28(23,25)16-20-6-3-2-4-7-20/h2-10,13-14,23,38H,11-12,15-18H2,1H3,(H,35,37)/t23-,28+,29?/m1/s1. The Balaban J connectivity index is 1.58. The SMILES string of the molecule is Cc1ncccc1CC(=O)c1ccc2c(c1)C(=O)NC[C@H]1CC(O)(C(F)(F)F)CC[C@@]21Cc1ccccc1. The molecule has 2 aliphatic rings. The molecular weight excluding hydrogens is 493 g/mol. The largest absolute Gasteiger partial charge is 0.417 e. The molecule has 0 bridgehead atoms. The predicted molar refractivity (Wildman–Crippen MR) is 136 cm³/mol. The molecule has 1 saturated carbocycles. The molecule has 198 valence electrons. The fourth-order valence-corrected chi connectivity index (χ4v) is 6.14. The second kappa shape index (κ2) is 9.66. The van der Waals surface area contributed by atoms with Crippen molar-refractivity contribution in [3.63, 3.8) is 0 Å². The Bertz CT molecular complexity index is 1370. The predicted octanol–water partition coefficient (Wildman–Crippen LogP) is 5.13. The third-order valence-corrected chi connectivity index (χ3v) is 8.34. The highest BCUT2D eigenvalue weighted by Crippen LogP contribution is 2.54. The van der Waals surface area contributed by atoms with Gasteiger partial charge < -0.3 is 10.4 Å². The number of halogens is 3. The third-order valence-electron chi connectivity index (χ3n) is 8.34. The van der Waals surface area contributed by atoms with Crippen molar-refractivity contribution >= 4 is 11.7 Å². The number of carbonyl (C=O) groups excluding carboxylic acids is 2. The first-order chi connectivity index (χ1) is 18.0. The smallest absolute Gasteiger partial charge is 0.380 e. The summed E-state index contributed by atoms with van der Waals surface area (Å²) >= 11 is 0. The van der Waals surface area contributed by atoms with Crippen LogP contribution >= 0.6 is 0 Å². The average molecular weight is 523 g/mol. The Morgan fingerprint density at radius 2 is 1.87 bits per heavy atom. The molecule has 1 aliphatic heterocycles. The van der Waals surface area contributed by atoms with Gasteiger partial charge in [-0.3, -0.25) is 14.6 Å². The fourth-order valence-electron chi connectivity index (χ4n) is 6.14. The van der Waals surface area contributed by atoms with Gasteiger partial charge in [0.05, 0.1) is 0 Å². The van der Waals surface area contributed by atoms with Gasteiger partial charge in [0.25, 0.3) is 5.91 Å². The minimum Gasteiger partial charge on any atom is -0.380 e. The van der Waals surface area contributed by atoms with Crippen molar-refractivity contribution in [2.75, 3.05) is 6.54 Å². The van der Waals surface area contributed by atoms with Crippen LogP contribution in [0.15, 0.2) is 66.9 Å². The first-order valence-electron chi connectivity index (χ1n) is 12.7. The van der Waals surface area contributed by atoms with Crippen molar-refractivity contribution in [3.05, 3.63) is 100 Å². The molecule has 5 rings (SSSR count). The van der Waals surface area contributed by atoms with Gasteiger partial charge in [-0.15, -0.1) is 0 Å². The molecule has 1 fully saturated rings. The molecule has 0 spiro atoms. The Morgan fingerprint density at radius 3 is 2.58 bits per heavy atom. The topological polar surface area (TPSA) is 79.3 Å². The molecule has 8 heteroatoms. The van der Waals surface area contributed by atoms with E-state index in [0.29, 0.717) is 23.1 Å². The maximum absolute atomic E-state index is 13.9. The van der Waals surface area contributed by atoms with Crippen molar-refractivity contribution in [2.24, 2.45) is 5.92 Å². The van der Waals surface area contributed by atoms with Crippen LogP contribution in [-0.4, -0.2) is 40.1 Å². The average Bonchev–Trinajstić information content (AvgIpc) is 3.00. The molecular formula is C30H29F3N2O3. The van der Waals surface area contributed by atoms with Crippen LogP contribution in [0.5, 0.6) is 0 Å². The normalized spacial score (nSPS) is 25.1. The van der Waals surface area contributed by atoms with E-state index in [0.717, 1.165) is 16.8 Å². The molecule has 3 atom stereocenters. The molecule has 38 heavy (non-hydrogen) atoms. The van der Waals surface area contributed by atoms with Gasteiger partial charge in [-0.1, -0.05) is 48.5 Å². The maximum atomic E-state index is 13.9. The molecule has 1 aromatic heterocycles. The highest BCUT2D eigenvalue weighted by atomic mass is 19.4. The van der Waals surface area contributed by atoms with E-state index in [9.17, 15) is 27.9 Å². The molecule has 3 aromatic rings. The molecule has 2 aromatic carbocycles. The van der Waals surface area contributed by atoms with Gasteiger partial charge in [0, 0.05) is 41.4 Å². The van der Waals surface area contributed by atoms with Gasteiger partial charge in [-0.25, -0.2) is 0 Å². The summed E-state index contributed by atoms with van der Waals surface area (Å²) in [6.45, 7) is 1.82. The van der Waals surface area contributed by atoms with Crippen LogP contribution in [0.4, 0.5) is 13.2 Å². The molecule has 2 heterocycles. The summed E-state index contributed by atoms with van der Waals surface area (Å²) < 4.78 is 41.6. The van der Waals surface area contributed by atoms with E-state index in [1.165, 1.54) is 0 Å². The van der Waals surface area contributed by atoms with E-state index in [1.54, 1.807) is 30.5 Å². The summed E-state index contributed by atoms with van der Waals surface area (Å²) in [4.78, 5) is 30.7. The number of nitrogens with one attached hydrogen (secondary N) is 1. The van der Waals surface area contributed by atoms with Crippen LogP contribution in [0.2, 0.25) is 0 Å². The molecule has 0 radical (unpaired) electrons. The lowest BCUT2D eigenvalue weighted by molar-refractivity contribution is -0.278. The van der Waals surface area contributed by atoms with E-state index in [1.807, 2.05) is 43.3 Å². The molecule has 1 unspecified atom stereocenters. The summed E-state index contributed by atoms with van der Waals surface area (Å²) in [6, 6.07) is 18.0. The zero-order valence-electron chi connectivity index (χ0n) is 21.0. The number of pyridine rings is 1. The first-order valence-corrected chi connectivity index (χ1v) is 12.7. The summed E-state index contributed by atoms with van der Waals surface area (Å²) in [5.41, 5.74) is 0.114. The van der Waals surface area contributed by atoms with Gasteiger partial charge >= 0.3 is 6.18 Å². The highest BCUT2D eigenvalue weighted by molar-refractivity contribution is 6.02. The quantitative estimate of drug-likeness (QED) is 0.456. The number of aliphatic hydroxyl groups is 1. The van der Waals surface area contributed by atoms with Gasteiger partial charge in [-0.2, -0.15) is 13.2 Å². The van der Waals surface area contributed by atoms with E-state index in [2.05, 4.69) is 10.3 Å². The zero-order valence-corrected chi connectivity index (χ0v) is 21.0. The first kappa shape index (κ1) is 26.1. The Hall–Kier alpha value is -3.52. The number of nitrogens with zero attached hydrogens (tertiary/aromatic N) is 1. The minimum absolute atomic E-state index is 0.00308.